The van der Waals surface area contributed by atoms with Gasteiger partial charge in [0, 0.05) is 38.1 Å². The second kappa shape index (κ2) is 8.56. The summed E-state index contributed by atoms with van der Waals surface area (Å²) in [6.45, 7) is 5.21. The van der Waals surface area contributed by atoms with Crippen molar-refractivity contribution in [3.63, 3.8) is 0 Å². The Balaban J connectivity index is 1.44. The second-order valence-electron chi connectivity index (χ2n) is 8.55. The Morgan fingerprint density at radius 3 is 2.70 bits per heavy atom. The quantitative estimate of drug-likeness (QED) is 0.748. The van der Waals surface area contributed by atoms with E-state index in [1.54, 1.807) is 10.9 Å². The van der Waals surface area contributed by atoms with Crippen LogP contribution in [0.25, 0.3) is 0 Å². The van der Waals surface area contributed by atoms with Crippen molar-refractivity contribution in [2.24, 2.45) is 13.0 Å². The van der Waals surface area contributed by atoms with Crippen molar-refractivity contribution in [1.82, 2.24) is 24.6 Å². The number of anilines is 3. The number of hydrogen-bond acceptors (Lipinski definition) is 7. The van der Waals surface area contributed by atoms with Crippen LogP contribution in [0.3, 0.4) is 0 Å². The van der Waals surface area contributed by atoms with Gasteiger partial charge in [0.1, 0.15) is 5.82 Å². The predicted octanol–water partition coefficient (Wildman–Crippen LogP) is 2.81. The molecule has 0 spiro atoms. The zero-order valence-electron chi connectivity index (χ0n) is 17.7. The number of hydrogen-bond donors (Lipinski definition) is 1. The SMILES string of the molecule is Cc1cnc(Nc2cnn(C)c2)nc1N1CC(CC#N)(N2CCC(CCF)CC2)C1. The van der Waals surface area contributed by atoms with Gasteiger partial charge in [-0.05, 0) is 45.2 Å². The van der Waals surface area contributed by atoms with Crippen molar-refractivity contribution in [2.75, 3.05) is 43.1 Å². The van der Waals surface area contributed by atoms with E-state index < -0.39 is 0 Å². The van der Waals surface area contributed by atoms with Crippen LogP contribution in [-0.4, -0.2) is 63.0 Å². The van der Waals surface area contributed by atoms with Crippen molar-refractivity contribution >= 4 is 17.5 Å². The van der Waals surface area contributed by atoms with E-state index >= 15 is 0 Å². The fourth-order valence-corrected chi connectivity index (χ4v) is 4.66. The first-order valence-corrected chi connectivity index (χ1v) is 10.6. The van der Waals surface area contributed by atoms with Crippen LogP contribution in [-0.2, 0) is 7.05 Å². The van der Waals surface area contributed by atoms with Crippen LogP contribution < -0.4 is 10.2 Å². The minimum Gasteiger partial charge on any atom is -0.352 e. The molecule has 0 saturated carbocycles. The van der Waals surface area contributed by atoms with Crippen molar-refractivity contribution in [2.45, 2.75) is 38.1 Å². The van der Waals surface area contributed by atoms with E-state index in [9.17, 15) is 9.65 Å². The van der Waals surface area contributed by atoms with E-state index in [4.69, 9.17) is 4.98 Å². The molecule has 8 nitrogen and oxygen atoms in total. The van der Waals surface area contributed by atoms with Crippen LogP contribution >= 0.6 is 0 Å². The highest BCUT2D eigenvalue weighted by atomic mass is 19.1. The molecule has 0 bridgehead atoms. The zero-order valence-corrected chi connectivity index (χ0v) is 17.7. The normalized spacial score (nSPS) is 19.3. The number of halogens is 1. The van der Waals surface area contributed by atoms with Gasteiger partial charge in [-0.1, -0.05) is 0 Å². The number of likely N-dealkylation sites (tertiary alicyclic amines) is 1. The molecule has 4 rings (SSSR count). The molecule has 1 N–H and O–H groups in total. The Labute approximate surface area is 176 Å². The molecular weight excluding hydrogens is 383 g/mol. The minimum atomic E-state index is -0.232. The summed E-state index contributed by atoms with van der Waals surface area (Å²) in [5, 5.41) is 16.8. The summed E-state index contributed by atoms with van der Waals surface area (Å²) >= 11 is 0. The molecule has 160 valence electrons. The fourth-order valence-electron chi connectivity index (χ4n) is 4.66. The third-order valence-electron chi connectivity index (χ3n) is 6.39. The molecule has 2 aromatic heterocycles. The lowest BCUT2D eigenvalue weighted by molar-refractivity contribution is 0.0275. The van der Waals surface area contributed by atoms with Gasteiger partial charge in [0.05, 0.1) is 36.6 Å². The number of aromatic nitrogens is 4. The molecular formula is C21H29FN8. The summed E-state index contributed by atoms with van der Waals surface area (Å²) in [7, 11) is 1.86. The Kier molecular flexibility index (Phi) is 5.86. The third-order valence-corrected chi connectivity index (χ3v) is 6.39. The number of piperidine rings is 1. The molecule has 0 aromatic carbocycles. The summed E-state index contributed by atoms with van der Waals surface area (Å²) in [4.78, 5) is 13.8. The molecule has 30 heavy (non-hydrogen) atoms. The highest BCUT2D eigenvalue weighted by Gasteiger charge is 2.49. The zero-order chi connectivity index (χ0) is 21.1. The Morgan fingerprint density at radius 1 is 1.30 bits per heavy atom. The Morgan fingerprint density at radius 2 is 2.07 bits per heavy atom. The number of nitriles is 1. The van der Waals surface area contributed by atoms with E-state index in [1.165, 1.54) is 0 Å². The Hall–Kier alpha value is -2.73. The van der Waals surface area contributed by atoms with Gasteiger partial charge in [-0.25, -0.2) is 4.98 Å². The molecule has 0 unspecified atom stereocenters. The molecule has 2 aliphatic heterocycles. The standard InChI is InChI=1S/C21H29FN8/c1-16-11-24-20(26-18-12-25-28(2)13-18)27-19(16)29-14-21(15-29,6-8-23)30-9-4-17(3-7-22)5-10-30/h11-13,17H,3-7,9-10,14-15H2,1-2H3,(H,24,26,27). The van der Waals surface area contributed by atoms with Crippen LogP contribution in [0.2, 0.25) is 0 Å². The van der Waals surface area contributed by atoms with Crippen LogP contribution in [0.4, 0.5) is 21.8 Å². The lowest BCUT2D eigenvalue weighted by atomic mass is 9.81. The first-order valence-electron chi connectivity index (χ1n) is 10.6. The van der Waals surface area contributed by atoms with Gasteiger partial charge < -0.3 is 10.2 Å². The van der Waals surface area contributed by atoms with E-state index in [2.05, 4.69) is 31.3 Å². The van der Waals surface area contributed by atoms with Crippen LogP contribution in [0, 0.1) is 24.2 Å². The lowest BCUT2D eigenvalue weighted by Crippen LogP contribution is -2.71. The van der Waals surface area contributed by atoms with Crippen molar-refractivity contribution in [1.29, 1.82) is 5.26 Å². The molecule has 0 amide bonds. The summed E-state index contributed by atoms with van der Waals surface area (Å²) in [5.74, 6) is 1.91. The van der Waals surface area contributed by atoms with Gasteiger partial charge in [-0.2, -0.15) is 15.3 Å². The second-order valence-corrected chi connectivity index (χ2v) is 8.55. The van der Waals surface area contributed by atoms with Crippen LogP contribution in [0.5, 0.6) is 0 Å². The summed E-state index contributed by atoms with van der Waals surface area (Å²) in [6.07, 6.45) is 8.63. The first kappa shape index (κ1) is 20.5. The highest BCUT2D eigenvalue weighted by molar-refractivity contribution is 5.57. The van der Waals surface area contributed by atoms with E-state index in [-0.39, 0.29) is 12.2 Å². The number of alkyl halides is 1. The van der Waals surface area contributed by atoms with Gasteiger partial charge in [0.2, 0.25) is 5.95 Å². The number of nitrogens with one attached hydrogen (secondary N) is 1. The first-order chi connectivity index (χ1) is 14.5. The molecule has 0 aliphatic carbocycles. The van der Waals surface area contributed by atoms with Gasteiger partial charge in [-0.15, -0.1) is 0 Å². The smallest absolute Gasteiger partial charge is 0.229 e. The number of nitrogens with zero attached hydrogens (tertiary/aromatic N) is 7. The van der Waals surface area contributed by atoms with Crippen molar-refractivity contribution < 1.29 is 4.39 Å². The van der Waals surface area contributed by atoms with Gasteiger partial charge >= 0.3 is 0 Å². The van der Waals surface area contributed by atoms with Crippen LogP contribution in [0.1, 0.15) is 31.2 Å². The largest absolute Gasteiger partial charge is 0.352 e. The maximum atomic E-state index is 12.7. The summed E-state index contributed by atoms with van der Waals surface area (Å²) in [5.41, 5.74) is 1.72. The maximum Gasteiger partial charge on any atom is 0.229 e. The van der Waals surface area contributed by atoms with E-state index in [1.807, 2.05) is 26.4 Å². The Bertz CT molecular complexity index is 906. The molecule has 2 fully saturated rings. The van der Waals surface area contributed by atoms with Crippen LogP contribution in [0.15, 0.2) is 18.6 Å². The number of rotatable bonds is 7. The monoisotopic (exact) mass is 412 g/mol. The van der Waals surface area contributed by atoms with Gasteiger partial charge in [0.15, 0.2) is 0 Å². The van der Waals surface area contributed by atoms with E-state index in [0.29, 0.717) is 24.7 Å². The molecule has 2 saturated heterocycles. The summed E-state index contributed by atoms with van der Waals surface area (Å²) in [6, 6.07) is 2.39. The number of aryl methyl sites for hydroxylation is 2. The molecule has 9 heteroatoms. The highest BCUT2D eigenvalue weighted by Crippen LogP contribution is 2.38. The predicted molar refractivity (Wildman–Crippen MR) is 113 cm³/mol. The third kappa shape index (κ3) is 4.10. The van der Waals surface area contributed by atoms with E-state index in [0.717, 1.165) is 56.1 Å². The van der Waals surface area contributed by atoms with Gasteiger partial charge in [-0.3, -0.25) is 14.0 Å². The fraction of sp³-hybridized carbons (Fsp3) is 0.619. The van der Waals surface area contributed by atoms with Crippen molar-refractivity contribution in [3.05, 3.63) is 24.2 Å². The van der Waals surface area contributed by atoms with Gasteiger partial charge in [0.25, 0.3) is 0 Å². The minimum absolute atomic E-state index is 0.135. The molecule has 2 aliphatic rings. The molecule has 4 heterocycles. The average molecular weight is 413 g/mol. The lowest BCUT2D eigenvalue weighted by Gasteiger charge is -2.57. The molecule has 0 radical (unpaired) electrons. The molecule has 0 atom stereocenters. The summed E-state index contributed by atoms with van der Waals surface area (Å²) < 4.78 is 14.4. The maximum absolute atomic E-state index is 12.7. The van der Waals surface area contributed by atoms with Crippen molar-refractivity contribution in [3.8, 4) is 6.07 Å². The average Bonchev–Trinajstić information content (AvgIpc) is 3.12. The topological polar surface area (TPSA) is 85.9 Å². The molecule has 2 aromatic rings.